The van der Waals surface area contributed by atoms with Crippen LogP contribution in [0.5, 0.6) is 0 Å². The van der Waals surface area contributed by atoms with Crippen LogP contribution in [0.4, 0.5) is 10.6 Å². The zero-order valence-electron chi connectivity index (χ0n) is 18.0. The number of aromatic amines is 1. The number of hydrogen-bond donors (Lipinski definition) is 1. The molecule has 6 heteroatoms. The normalized spacial score (nSPS) is 13.9. The lowest BCUT2D eigenvalue weighted by Gasteiger charge is -2.19. The number of amides is 1. The SMILES string of the molecule is Cc1ccc(-c2nc(N(C)C(=O)OC3=CCCCC3=O)cc3c2[nH]c2ccccc23)cc1. The first-order valence-electron chi connectivity index (χ1n) is 10.7. The van der Waals surface area contributed by atoms with Crippen LogP contribution in [-0.2, 0) is 9.53 Å². The number of nitrogens with zero attached hydrogens (tertiary/aromatic N) is 2. The van der Waals surface area contributed by atoms with E-state index in [2.05, 4.69) is 4.98 Å². The van der Waals surface area contributed by atoms with Gasteiger partial charge in [0.05, 0.1) is 11.2 Å². The molecule has 0 aliphatic heterocycles. The molecule has 0 spiro atoms. The molecule has 6 nitrogen and oxygen atoms in total. The zero-order valence-corrected chi connectivity index (χ0v) is 18.0. The number of ether oxygens (including phenoxy) is 1. The number of hydrogen-bond acceptors (Lipinski definition) is 4. The summed E-state index contributed by atoms with van der Waals surface area (Å²) in [6, 6.07) is 18.0. The molecule has 1 N–H and O–H groups in total. The predicted octanol–water partition coefficient (Wildman–Crippen LogP) is 5.90. The van der Waals surface area contributed by atoms with Gasteiger partial charge in [-0.15, -0.1) is 0 Å². The van der Waals surface area contributed by atoms with Gasteiger partial charge in [0.1, 0.15) is 5.82 Å². The fraction of sp³-hybridized carbons (Fsp3) is 0.192. The van der Waals surface area contributed by atoms with Crippen molar-refractivity contribution in [1.29, 1.82) is 0 Å². The molecule has 32 heavy (non-hydrogen) atoms. The maximum Gasteiger partial charge on any atom is 0.420 e. The molecular weight excluding hydrogens is 402 g/mol. The maximum absolute atomic E-state index is 12.9. The van der Waals surface area contributed by atoms with Gasteiger partial charge in [-0.1, -0.05) is 48.0 Å². The summed E-state index contributed by atoms with van der Waals surface area (Å²) in [6.45, 7) is 2.04. The Hall–Kier alpha value is -3.93. The Morgan fingerprint density at radius 2 is 1.88 bits per heavy atom. The van der Waals surface area contributed by atoms with Crippen LogP contribution in [0.3, 0.4) is 0 Å². The van der Waals surface area contributed by atoms with Crippen molar-refractivity contribution < 1.29 is 14.3 Å². The van der Waals surface area contributed by atoms with Gasteiger partial charge in [0.25, 0.3) is 0 Å². The number of aromatic nitrogens is 2. The molecule has 4 aromatic rings. The first kappa shape index (κ1) is 20.0. The molecule has 160 valence electrons. The number of ketones is 1. The van der Waals surface area contributed by atoms with E-state index in [1.807, 2.05) is 61.5 Å². The molecule has 2 aromatic carbocycles. The lowest BCUT2D eigenvalue weighted by molar-refractivity contribution is -0.118. The monoisotopic (exact) mass is 425 g/mol. The second-order valence-corrected chi connectivity index (χ2v) is 8.10. The summed E-state index contributed by atoms with van der Waals surface area (Å²) in [5.41, 5.74) is 4.76. The van der Waals surface area contributed by atoms with E-state index in [9.17, 15) is 9.59 Å². The van der Waals surface area contributed by atoms with E-state index < -0.39 is 6.09 Å². The van der Waals surface area contributed by atoms with Crippen LogP contribution in [0.1, 0.15) is 24.8 Å². The third kappa shape index (κ3) is 3.54. The average molecular weight is 425 g/mol. The molecule has 0 unspecified atom stereocenters. The Labute approximate surface area is 185 Å². The smallest absolute Gasteiger partial charge is 0.406 e. The summed E-state index contributed by atoms with van der Waals surface area (Å²) in [6.07, 6.45) is 2.97. The molecule has 0 radical (unpaired) electrons. The zero-order chi connectivity index (χ0) is 22.2. The number of pyridine rings is 1. The number of fused-ring (bicyclic) bond motifs is 3. The molecule has 5 rings (SSSR count). The van der Waals surface area contributed by atoms with Crippen molar-refractivity contribution in [2.45, 2.75) is 26.2 Å². The minimum atomic E-state index is -0.631. The van der Waals surface area contributed by atoms with E-state index in [1.54, 1.807) is 13.1 Å². The van der Waals surface area contributed by atoms with E-state index in [0.717, 1.165) is 51.5 Å². The summed E-state index contributed by atoms with van der Waals surface area (Å²) in [5, 5.41) is 2.01. The molecule has 0 fully saturated rings. The predicted molar refractivity (Wildman–Crippen MR) is 126 cm³/mol. The molecule has 0 saturated carbocycles. The van der Waals surface area contributed by atoms with Gasteiger partial charge in [0, 0.05) is 35.3 Å². The number of allylic oxidation sites excluding steroid dienone is 2. The van der Waals surface area contributed by atoms with E-state index in [4.69, 9.17) is 9.72 Å². The van der Waals surface area contributed by atoms with Gasteiger partial charge in [-0.25, -0.2) is 9.78 Å². The summed E-state index contributed by atoms with van der Waals surface area (Å²) >= 11 is 0. The summed E-state index contributed by atoms with van der Waals surface area (Å²) < 4.78 is 5.41. The number of anilines is 1. The van der Waals surface area contributed by atoms with E-state index >= 15 is 0 Å². The molecule has 0 saturated heterocycles. The van der Waals surface area contributed by atoms with Gasteiger partial charge < -0.3 is 9.72 Å². The number of aryl methyl sites for hydroxylation is 1. The van der Waals surface area contributed by atoms with Crippen molar-refractivity contribution in [3.8, 4) is 11.3 Å². The minimum Gasteiger partial charge on any atom is -0.406 e. The second kappa shape index (κ2) is 7.96. The molecule has 1 aliphatic rings. The van der Waals surface area contributed by atoms with E-state index in [0.29, 0.717) is 12.2 Å². The standard InChI is InChI=1S/C26H23N3O3/c1-16-11-13-17(14-12-16)24-25-19(18-7-3-4-8-20(18)27-25)15-23(28-24)29(2)26(31)32-22-10-6-5-9-21(22)30/h3-4,7-8,10-15,27H,5-6,9H2,1-2H3. The van der Waals surface area contributed by atoms with Crippen LogP contribution in [0.25, 0.3) is 33.1 Å². The molecule has 2 heterocycles. The Morgan fingerprint density at radius 3 is 2.66 bits per heavy atom. The van der Waals surface area contributed by atoms with Gasteiger partial charge in [0.2, 0.25) is 0 Å². The first-order valence-corrected chi connectivity index (χ1v) is 10.7. The van der Waals surface area contributed by atoms with Crippen molar-refractivity contribution in [2.24, 2.45) is 0 Å². The highest BCUT2D eigenvalue weighted by Crippen LogP contribution is 2.35. The lowest BCUT2D eigenvalue weighted by atomic mass is 10.1. The highest BCUT2D eigenvalue weighted by molar-refractivity contribution is 6.12. The number of nitrogens with one attached hydrogen (secondary N) is 1. The van der Waals surface area contributed by atoms with Crippen molar-refractivity contribution >= 4 is 39.5 Å². The topological polar surface area (TPSA) is 75.3 Å². The third-order valence-electron chi connectivity index (χ3n) is 5.84. The van der Waals surface area contributed by atoms with Crippen LogP contribution >= 0.6 is 0 Å². The Balaban J connectivity index is 1.62. The van der Waals surface area contributed by atoms with Gasteiger partial charge in [-0.3, -0.25) is 9.69 Å². The van der Waals surface area contributed by atoms with Gasteiger partial charge >= 0.3 is 6.09 Å². The van der Waals surface area contributed by atoms with Gasteiger partial charge in [0.15, 0.2) is 11.5 Å². The van der Waals surface area contributed by atoms with Crippen molar-refractivity contribution in [3.05, 3.63) is 72.0 Å². The number of rotatable bonds is 3. The molecule has 0 bridgehead atoms. The van der Waals surface area contributed by atoms with Gasteiger partial charge in [-0.2, -0.15) is 0 Å². The number of carbonyl (C=O) groups is 2. The Kier molecular flexibility index (Phi) is 4.98. The molecule has 1 amide bonds. The Bertz CT molecular complexity index is 1380. The number of carbonyl (C=O) groups excluding carboxylic acids is 2. The van der Waals surface area contributed by atoms with Crippen molar-refractivity contribution in [2.75, 3.05) is 11.9 Å². The van der Waals surface area contributed by atoms with Crippen LogP contribution in [0, 0.1) is 6.92 Å². The third-order valence-corrected chi connectivity index (χ3v) is 5.84. The summed E-state index contributed by atoms with van der Waals surface area (Å²) in [4.78, 5) is 34.6. The Morgan fingerprint density at radius 1 is 1.09 bits per heavy atom. The minimum absolute atomic E-state index is 0.125. The molecule has 1 aliphatic carbocycles. The lowest BCUT2D eigenvalue weighted by Crippen LogP contribution is -2.29. The van der Waals surface area contributed by atoms with Crippen molar-refractivity contribution in [1.82, 2.24) is 9.97 Å². The van der Waals surface area contributed by atoms with Gasteiger partial charge in [-0.05, 0) is 38.0 Å². The fourth-order valence-electron chi connectivity index (χ4n) is 4.01. The quantitative estimate of drug-likeness (QED) is 0.443. The number of Topliss-reactive ketones (excluding diaryl/α,β-unsaturated/α-hetero) is 1. The number of H-pyrrole nitrogens is 1. The molecular formula is C26H23N3O3. The van der Waals surface area contributed by atoms with Crippen molar-refractivity contribution in [3.63, 3.8) is 0 Å². The highest BCUT2D eigenvalue weighted by atomic mass is 16.6. The van der Waals surface area contributed by atoms with Crippen LogP contribution < -0.4 is 4.90 Å². The maximum atomic E-state index is 12.9. The van der Waals surface area contributed by atoms with Crippen LogP contribution in [-0.4, -0.2) is 28.9 Å². The van der Waals surface area contributed by atoms with E-state index in [-0.39, 0.29) is 11.5 Å². The average Bonchev–Trinajstić information content (AvgIpc) is 3.19. The summed E-state index contributed by atoms with van der Waals surface area (Å²) in [5.74, 6) is 0.435. The number of benzene rings is 2. The summed E-state index contributed by atoms with van der Waals surface area (Å²) in [7, 11) is 1.61. The van der Waals surface area contributed by atoms with Crippen LogP contribution in [0.2, 0.25) is 0 Å². The second-order valence-electron chi connectivity index (χ2n) is 8.10. The van der Waals surface area contributed by atoms with Crippen LogP contribution in [0.15, 0.2) is 66.4 Å². The molecule has 0 atom stereocenters. The van der Waals surface area contributed by atoms with E-state index in [1.165, 1.54) is 4.90 Å². The largest absolute Gasteiger partial charge is 0.420 e. The number of para-hydroxylation sites is 1. The fourth-order valence-corrected chi connectivity index (χ4v) is 4.01. The highest BCUT2D eigenvalue weighted by Gasteiger charge is 2.23. The molecule has 2 aromatic heterocycles. The first-order chi connectivity index (χ1) is 15.5.